The molecule has 3 aliphatic heterocycles. The molecule has 19 N–H and O–H groups in total. The summed E-state index contributed by atoms with van der Waals surface area (Å²) in [5, 5.41) is 43.5. The predicted molar refractivity (Wildman–Crippen MR) is 273 cm³/mol. The van der Waals surface area contributed by atoms with Crippen molar-refractivity contribution in [1.82, 2.24) is 53.6 Å². The molecule has 3 saturated heterocycles. The lowest BCUT2D eigenvalue weighted by molar-refractivity contribution is -0.745. The molecule has 3 aliphatic rings. The van der Waals surface area contributed by atoms with E-state index in [1.165, 1.54) is 22.5 Å². The number of rotatable bonds is 26. The Morgan fingerprint density at radius 3 is 1.76 bits per heavy atom. The summed E-state index contributed by atoms with van der Waals surface area (Å²) in [6, 6.07) is 0. The molecule has 0 aromatic carbocycles. The average Bonchev–Trinajstić information content (AvgIpc) is 3.14. The van der Waals surface area contributed by atoms with Gasteiger partial charge in [-0.05, 0) is 0 Å². The lowest BCUT2D eigenvalue weighted by Crippen LogP contribution is -2.46. The van der Waals surface area contributed by atoms with E-state index in [1.54, 1.807) is 0 Å². The molecule has 0 radical (unpaired) electrons. The first-order valence-electron chi connectivity index (χ1n) is 24.1. The largest absolute Gasteiger partial charge is 0.472 e. The van der Waals surface area contributed by atoms with Crippen LogP contribution in [0.4, 0.5) is 17.7 Å². The maximum absolute atomic E-state index is 13.8. The molecule has 0 spiro atoms. The minimum atomic E-state index is -5.89. The van der Waals surface area contributed by atoms with Gasteiger partial charge in [0, 0.05) is 7.11 Å². The smallest absolute Gasteiger partial charge is 0.387 e. The Balaban J connectivity index is 0.875. The summed E-state index contributed by atoms with van der Waals surface area (Å²) < 4.78 is 132. The summed E-state index contributed by atoms with van der Waals surface area (Å²) in [5.74, 6) is -0.788. The summed E-state index contributed by atoms with van der Waals surface area (Å²) in [6.45, 7) is -6.67. The number of aliphatic hydroxyl groups is 4. The van der Waals surface area contributed by atoms with Crippen molar-refractivity contribution >= 4 is 90.3 Å². The second kappa shape index (κ2) is 25.0. The summed E-state index contributed by atoms with van der Waals surface area (Å²) >= 11 is 0. The summed E-state index contributed by atoms with van der Waals surface area (Å²) in [5.41, 5.74) is 15.3. The number of imidazole rings is 3. The molecule has 0 aliphatic carbocycles. The van der Waals surface area contributed by atoms with Gasteiger partial charge in [0.1, 0.15) is 79.0 Å². The zero-order valence-corrected chi connectivity index (χ0v) is 48.0. The van der Waals surface area contributed by atoms with Gasteiger partial charge in [-0.1, -0.05) is 4.98 Å². The number of hydrogen-bond acceptors (Lipinski definition) is 32. The number of nitrogen functional groups attached to an aromatic ring is 3. The number of nitrogens with two attached hydrogens (primary N) is 3. The predicted octanol–water partition coefficient (Wildman–Crippen LogP) is -5.86. The van der Waals surface area contributed by atoms with E-state index in [4.69, 9.17) is 63.3 Å². The van der Waals surface area contributed by atoms with E-state index in [0.29, 0.717) is 0 Å². The summed E-state index contributed by atoms with van der Waals surface area (Å²) in [6.07, 6.45) is -21.5. The average molecular weight is 1330 g/mol. The number of aromatic nitrogens is 12. The number of H-pyrrole nitrogens is 2. The van der Waals surface area contributed by atoms with Crippen LogP contribution in [-0.2, 0) is 85.0 Å². The first-order valence-corrected chi connectivity index (χ1v) is 31.7. The van der Waals surface area contributed by atoms with Crippen LogP contribution in [0.25, 0.3) is 33.5 Å². The van der Waals surface area contributed by atoms with Crippen LogP contribution in [0, 0.1) is 0 Å². The lowest BCUT2D eigenvalue weighted by atomic mass is 10.1. The molecule has 7 unspecified atom stereocenters. The van der Waals surface area contributed by atoms with Crippen LogP contribution in [0.5, 0.6) is 0 Å². The van der Waals surface area contributed by atoms with Gasteiger partial charge in [0.05, 0.1) is 52.7 Å². The third-order valence-electron chi connectivity index (χ3n) is 12.9. The Kier molecular flexibility index (Phi) is 19.0. The highest BCUT2D eigenvalue weighted by atomic mass is 31.2. The molecule has 50 heteroatoms. The number of fused-ring (bicyclic) bond motifs is 3. The van der Waals surface area contributed by atoms with E-state index in [-0.39, 0.29) is 51.2 Å². The van der Waals surface area contributed by atoms with Crippen LogP contribution in [0.2, 0.25) is 0 Å². The molecule has 86 heavy (non-hydrogen) atoms. The quantitative estimate of drug-likeness (QED) is 0.0178. The Morgan fingerprint density at radius 1 is 0.628 bits per heavy atom. The maximum Gasteiger partial charge on any atom is 0.472 e. The Labute approximate surface area is 476 Å². The Morgan fingerprint density at radius 2 is 1.15 bits per heavy atom. The molecule has 0 amide bonds. The van der Waals surface area contributed by atoms with Crippen LogP contribution in [0.15, 0.2) is 34.9 Å². The fraction of sp³-hybridized carbons (Fsp3) is 0.583. The van der Waals surface area contributed by atoms with Gasteiger partial charge in [-0.15, -0.1) is 0 Å². The summed E-state index contributed by atoms with van der Waals surface area (Å²) in [4.78, 5) is 125. The molecule has 476 valence electrons. The van der Waals surface area contributed by atoms with E-state index >= 15 is 0 Å². The third kappa shape index (κ3) is 14.5. The van der Waals surface area contributed by atoms with E-state index < -0.39 is 169 Å². The van der Waals surface area contributed by atoms with Crippen LogP contribution in [0.3, 0.4) is 0 Å². The second-order valence-corrected chi connectivity index (χ2v) is 25.4. The van der Waals surface area contributed by atoms with Crippen LogP contribution >= 0.6 is 39.1 Å². The van der Waals surface area contributed by atoms with Crippen molar-refractivity contribution < 1.29 is 137 Å². The molecule has 9 heterocycles. The first-order chi connectivity index (χ1) is 40.1. The number of nitrogens with zero attached hydrogens (tertiary/aromatic N) is 10. The van der Waals surface area contributed by atoms with Gasteiger partial charge in [0.25, 0.3) is 17.1 Å². The van der Waals surface area contributed by atoms with Gasteiger partial charge in [-0.3, -0.25) is 69.4 Å². The maximum atomic E-state index is 13.8. The number of aliphatic hydroxyl groups excluding tert-OH is 4. The molecule has 45 nitrogen and oxygen atoms in total. The summed E-state index contributed by atoms with van der Waals surface area (Å²) in [7, 11) is -26.1. The van der Waals surface area contributed by atoms with Gasteiger partial charge in [-0.2, -0.15) is 4.98 Å². The second-order valence-electron chi connectivity index (χ2n) is 18.7. The number of nitrogens with one attached hydrogen (secondary N) is 2. The molecule has 0 bridgehead atoms. The van der Waals surface area contributed by atoms with Crippen molar-refractivity contribution in [3.8, 4) is 0 Å². The Bertz CT molecular complexity index is 3840. The molecule has 9 rings (SSSR count). The van der Waals surface area contributed by atoms with Crippen molar-refractivity contribution in [2.24, 2.45) is 7.05 Å². The number of aryl methyl sites for hydroxylation is 1. The fourth-order valence-electron chi connectivity index (χ4n) is 9.14. The van der Waals surface area contributed by atoms with Crippen LogP contribution in [0.1, 0.15) is 18.7 Å². The lowest BCUT2D eigenvalue weighted by Gasteiger charge is -2.28. The number of methoxy groups -OCH3 is 1. The van der Waals surface area contributed by atoms with E-state index in [2.05, 4.69) is 48.9 Å². The van der Waals surface area contributed by atoms with E-state index in [1.807, 2.05) is 0 Å². The van der Waals surface area contributed by atoms with Crippen molar-refractivity contribution in [3.63, 3.8) is 0 Å². The normalized spacial score (nSPS) is 28.5. The Hall–Kier alpha value is -5.12. The molecular weight excluding hydrogens is 1280 g/mol. The highest BCUT2D eigenvalue weighted by Crippen LogP contribution is 2.53. The highest BCUT2D eigenvalue weighted by molar-refractivity contribution is 7.48. The minimum absolute atomic E-state index is 0.0155. The molecule has 6 aromatic heterocycles. The van der Waals surface area contributed by atoms with Gasteiger partial charge in [-0.25, -0.2) is 47.3 Å². The zero-order chi connectivity index (χ0) is 62.7. The number of hydrogen-bond donors (Lipinski definition) is 16. The van der Waals surface area contributed by atoms with Gasteiger partial charge < -0.3 is 90.8 Å². The monoisotopic (exact) mass is 1330 g/mol. The molecule has 17 atom stereocenters. The number of phosphoric ester groups is 5. The van der Waals surface area contributed by atoms with Gasteiger partial charge >= 0.3 is 44.8 Å². The number of ether oxygens (including phenoxy) is 4. The topological polar surface area (TPSA) is 658 Å². The minimum Gasteiger partial charge on any atom is -0.387 e. The first kappa shape index (κ1) is 65.3. The third-order valence-corrected chi connectivity index (χ3v) is 16.9. The van der Waals surface area contributed by atoms with Crippen molar-refractivity contribution in [1.29, 1.82) is 0 Å². The van der Waals surface area contributed by atoms with Crippen LogP contribution < -0.4 is 32.9 Å². The zero-order valence-electron chi connectivity index (χ0n) is 43.5. The fourth-order valence-corrected chi connectivity index (χ4v) is 12.7. The van der Waals surface area contributed by atoms with Gasteiger partial charge in [0.15, 0.2) is 41.4 Å². The van der Waals surface area contributed by atoms with Crippen molar-refractivity contribution in [2.45, 2.75) is 85.8 Å². The number of phosphoric acid groups is 5. The van der Waals surface area contributed by atoms with Crippen LogP contribution in [-0.4, -0.2) is 216 Å². The number of aromatic amines is 2. The highest BCUT2D eigenvalue weighted by Gasteiger charge is 2.53. The molecular formula is C36H53N15O30P5+. The van der Waals surface area contributed by atoms with Crippen molar-refractivity contribution in [3.05, 3.63) is 46.0 Å². The molecule has 6 aromatic rings. The molecule has 3 fully saturated rings. The van der Waals surface area contributed by atoms with Gasteiger partial charge in [0.2, 0.25) is 17.7 Å². The van der Waals surface area contributed by atoms with Crippen molar-refractivity contribution in [2.75, 3.05) is 57.3 Å². The van der Waals surface area contributed by atoms with E-state index in [9.17, 15) is 87.1 Å². The SMILES string of the molecule is CO[C@@H]1[C@H](OP(=O)(O)OCC2O[C@@H](n3cnc4c(=O)[nH]c(N)nc43)[C@H](O)[C@@H]2O)C(COP(=O)(O)OCC(OP(=O)(O)O)C(COP(=O)(O)OC[C@H]2O[C@@H]([n+]3cn(C)c4c(=O)[nH]c(N)nc43)[C@H](O)[C@@H]2O)OP(=O)(O)O)O[C@H]1n1cnc2c(N)ncnc21. The molecule has 0 saturated carbocycles. The number of anilines is 3. The van der Waals surface area contributed by atoms with E-state index in [0.717, 1.165) is 35.2 Å². The standard InChI is InChI=1S/C36H52N15O30P5/c1-48-11-51(29-19(48)31(57)47-36(39)45-29)33-23(55)21(53)14(77-33)5-73-84(64,65)71-3-12(79-82(58,59)60)13(80-83(61,62)63)4-72-85(66,67)74-7-16-24(25(70-2)34(78-16)49-9-42-17-26(37)40-8-41-27(17)49)81-86(68,69)75-6-15-20(52)22(54)32(76-15)50-10-43-18-28(50)44-35(38)46-30(18)56/h8-16,20-25,32-34,52-55H,3-7H2,1-2H3,(H14-,37,38,39,40,41,44,45,46,47,56,57,58,59,60,61,62,63,64,65,66,67,68,69)/p+1/t12?,13?,14-,15?,16?,20-,21-,22-,23-,24-,25-,32-,33-,34-/m1/s1.